The quantitative estimate of drug-likeness (QED) is 0.764. The van der Waals surface area contributed by atoms with Crippen molar-refractivity contribution >= 4 is 34.8 Å². The summed E-state index contributed by atoms with van der Waals surface area (Å²) in [4.78, 5) is 12.7. The molecular weight excluding hydrogens is 317 g/mol. The molecule has 22 heavy (non-hydrogen) atoms. The first kappa shape index (κ1) is 16.9. The molecule has 0 unspecified atom stereocenters. The zero-order chi connectivity index (χ0) is 16.3. The van der Waals surface area contributed by atoms with E-state index in [0.717, 1.165) is 16.8 Å². The first-order valence-electron chi connectivity index (χ1n) is 7.21. The van der Waals surface area contributed by atoms with Gasteiger partial charge in [0.05, 0.1) is 5.92 Å². The fraction of sp³-hybridized carbons (Fsp3) is 0.278. The van der Waals surface area contributed by atoms with Crippen molar-refractivity contribution in [1.82, 2.24) is 0 Å². The van der Waals surface area contributed by atoms with Crippen molar-refractivity contribution in [3.63, 3.8) is 0 Å². The van der Waals surface area contributed by atoms with Crippen LogP contribution in [0, 0.1) is 12.8 Å². The van der Waals surface area contributed by atoms with E-state index >= 15 is 0 Å². The second-order valence-corrected chi connectivity index (χ2v) is 6.59. The van der Waals surface area contributed by atoms with Gasteiger partial charge in [0.25, 0.3) is 0 Å². The Hall–Kier alpha value is -1.51. The van der Waals surface area contributed by atoms with Crippen LogP contribution in [-0.2, 0) is 4.79 Å². The van der Waals surface area contributed by atoms with E-state index in [0.29, 0.717) is 10.0 Å². The third kappa shape index (κ3) is 4.02. The average molecular weight is 336 g/mol. The highest BCUT2D eigenvalue weighted by molar-refractivity contribution is 6.31. The SMILES string of the molecule is Cc1cc(Cl)ccc1NC(=O)[C@@H](c1ccc(Cl)cc1)C(C)C. The van der Waals surface area contributed by atoms with E-state index in [2.05, 4.69) is 5.32 Å². The number of nitrogens with one attached hydrogen (secondary N) is 1. The standard InChI is InChI=1S/C18H19Cl2NO/c1-11(2)17(13-4-6-14(19)7-5-13)18(22)21-16-9-8-15(20)10-12(16)3/h4-11,17H,1-3H3,(H,21,22)/t17-/m1/s1. The number of hydrogen-bond acceptors (Lipinski definition) is 1. The molecule has 0 aliphatic rings. The van der Waals surface area contributed by atoms with Crippen molar-refractivity contribution in [3.8, 4) is 0 Å². The molecule has 2 aromatic carbocycles. The van der Waals surface area contributed by atoms with E-state index in [1.165, 1.54) is 0 Å². The van der Waals surface area contributed by atoms with Crippen LogP contribution in [0.15, 0.2) is 42.5 Å². The molecule has 0 saturated heterocycles. The van der Waals surface area contributed by atoms with Crippen LogP contribution in [0.25, 0.3) is 0 Å². The molecule has 2 nitrogen and oxygen atoms in total. The molecule has 0 aliphatic heterocycles. The largest absolute Gasteiger partial charge is 0.325 e. The van der Waals surface area contributed by atoms with Gasteiger partial charge in [0.1, 0.15) is 0 Å². The highest BCUT2D eigenvalue weighted by Gasteiger charge is 2.24. The molecule has 0 heterocycles. The first-order chi connectivity index (χ1) is 10.4. The third-order valence-electron chi connectivity index (χ3n) is 3.62. The molecule has 0 aromatic heterocycles. The van der Waals surface area contributed by atoms with Crippen molar-refractivity contribution < 1.29 is 4.79 Å². The van der Waals surface area contributed by atoms with Gasteiger partial charge in [-0.3, -0.25) is 4.79 Å². The monoisotopic (exact) mass is 335 g/mol. The Morgan fingerprint density at radius 2 is 1.59 bits per heavy atom. The highest BCUT2D eigenvalue weighted by Crippen LogP contribution is 2.28. The summed E-state index contributed by atoms with van der Waals surface area (Å²) in [6.45, 7) is 6.00. The van der Waals surface area contributed by atoms with Gasteiger partial charge < -0.3 is 5.32 Å². The van der Waals surface area contributed by atoms with Crippen LogP contribution in [0.4, 0.5) is 5.69 Å². The highest BCUT2D eigenvalue weighted by atomic mass is 35.5. The van der Waals surface area contributed by atoms with Gasteiger partial charge in [-0.05, 0) is 54.3 Å². The number of halogens is 2. The minimum absolute atomic E-state index is 0.0252. The van der Waals surface area contributed by atoms with Crippen molar-refractivity contribution in [2.75, 3.05) is 5.32 Å². The molecule has 1 N–H and O–H groups in total. The molecule has 2 aromatic rings. The van der Waals surface area contributed by atoms with E-state index in [-0.39, 0.29) is 17.7 Å². The number of carbonyl (C=O) groups excluding carboxylic acids is 1. The van der Waals surface area contributed by atoms with Crippen molar-refractivity contribution in [2.24, 2.45) is 5.92 Å². The van der Waals surface area contributed by atoms with Crippen LogP contribution in [0.5, 0.6) is 0 Å². The van der Waals surface area contributed by atoms with Gasteiger partial charge in [0.2, 0.25) is 5.91 Å². The van der Waals surface area contributed by atoms with Gasteiger partial charge >= 0.3 is 0 Å². The van der Waals surface area contributed by atoms with Gasteiger partial charge in [-0.25, -0.2) is 0 Å². The molecule has 4 heteroatoms. The lowest BCUT2D eigenvalue weighted by atomic mass is 9.87. The van der Waals surface area contributed by atoms with E-state index in [1.807, 2.05) is 57.2 Å². The Balaban J connectivity index is 2.25. The Morgan fingerprint density at radius 1 is 1.00 bits per heavy atom. The number of anilines is 1. The number of amides is 1. The predicted molar refractivity (Wildman–Crippen MR) is 93.8 cm³/mol. The summed E-state index contributed by atoms with van der Waals surface area (Å²) in [6, 6.07) is 12.9. The maximum atomic E-state index is 12.7. The minimum atomic E-state index is -0.229. The van der Waals surface area contributed by atoms with E-state index < -0.39 is 0 Å². The molecule has 0 spiro atoms. The van der Waals surface area contributed by atoms with Crippen molar-refractivity contribution in [1.29, 1.82) is 0 Å². The Labute approximate surface area is 141 Å². The summed E-state index contributed by atoms with van der Waals surface area (Å²) in [5.74, 6) is -0.0797. The molecule has 0 radical (unpaired) electrons. The Morgan fingerprint density at radius 3 is 2.14 bits per heavy atom. The summed E-state index contributed by atoms with van der Waals surface area (Å²) in [5.41, 5.74) is 2.69. The fourth-order valence-corrected chi connectivity index (χ4v) is 2.84. The van der Waals surface area contributed by atoms with E-state index in [1.54, 1.807) is 6.07 Å². The fourth-order valence-electron chi connectivity index (χ4n) is 2.49. The van der Waals surface area contributed by atoms with Crippen LogP contribution >= 0.6 is 23.2 Å². The third-order valence-corrected chi connectivity index (χ3v) is 4.11. The second-order valence-electron chi connectivity index (χ2n) is 5.72. The molecule has 0 bridgehead atoms. The van der Waals surface area contributed by atoms with Gasteiger partial charge in [-0.15, -0.1) is 0 Å². The Bertz CT molecular complexity index is 665. The normalized spacial score (nSPS) is 12.3. The van der Waals surface area contributed by atoms with E-state index in [4.69, 9.17) is 23.2 Å². The topological polar surface area (TPSA) is 29.1 Å². The van der Waals surface area contributed by atoms with Crippen LogP contribution in [0.3, 0.4) is 0 Å². The van der Waals surface area contributed by atoms with Gasteiger partial charge in [0.15, 0.2) is 0 Å². The molecular formula is C18H19Cl2NO. The minimum Gasteiger partial charge on any atom is -0.325 e. The van der Waals surface area contributed by atoms with Gasteiger partial charge in [-0.1, -0.05) is 49.2 Å². The van der Waals surface area contributed by atoms with Crippen LogP contribution < -0.4 is 5.32 Å². The molecule has 0 saturated carbocycles. The number of benzene rings is 2. The second kappa shape index (κ2) is 7.17. The smallest absolute Gasteiger partial charge is 0.232 e. The zero-order valence-corrected chi connectivity index (χ0v) is 14.4. The molecule has 2 rings (SSSR count). The molecule has 1 amide bonds. The molecule has 0 fully saturated rings. The van der Waals surface area contributed by atoms with Crippen LogP contribution in [0.2, 0.25) is 10.0 Å². The first-order valence-corrected chi connectivity index (χ1v) is 7.96. The number of carbonyl (C=O) groups is 1. The van der Waals surface area contributed by atoms with E-state index in [9.17, 15) is 4.79 Å². The van der Waals surface area contributed by atoms with Gasteiger partial charge in [-0.2, -0.15) is 0 Å². The maximum absolute atomic E-state index is 12.7. The number of hydrogen-bond donors (Lipinski definition) is 1. The summed E-state index contributed by atoms with van der Waals surface area (Å²) >= 11 is 11.9. The molecule has 116 valence electrons. The van der Waals surface area contributed by atoms with Gasteiger partial charge in [0, 0.05) is 15.7 Å². The van der Waals surface area contributed by atoms with Crippen molar-refractivity contribution in [3.05, 3.63) is 63.6 Å². The lowest BCUT2D eigenvalue weighted by Crippen LogP contribution is -2.25. The van der Waals surface area contributed by atoms with Crippen LogP contribution in [-0.4, -0.2) is 5.91 Å². The Kier molecular flexibility index (Phi) is 5.49. The molecule has 1 atom stereocenters. The lowest BCUT2D eigenvalue weighted by molar-refractivity contribution is -0.118. The maximum Gasteiger partial charge on any atom is 0.232 e. The summed E-state index contributed by atoms with van der Waals surface area (Å²) in [6.07, 6.45) is 0. The number of rotatable bonds is 4. The number of aryl methyl sites for hydroxylation is 1. The summed E-state index contributed by atoms with van der Waals surface area (Å²) in [5, 5.41) is 4.33. The lowest BCUT2D eigenvalue weighted by Gasteiger charge is -2.21. The molecule has 0 aliphatic carbocycles. The van der Waals surface area contributed by atoms with Crippen LogP contribution in [0.1, 0.15) is 30.9 Å². The summed E-state index contributed by atoms with van der Waals surface area (Å²) < 4.78 is 0. The predicted octanol–water partition coefficient (Wildman–Crippen LogP) is 5.68. The van der Waals surface area contributed by atoms with Crippen molar-refractivity contribution in [2.45, 2.75) is 26.7 Å². The summed E-state index contributed by atoms with van der Waals surface area (Å²) in [7, 11) is 0. The average Bonchev–Trinajstić information content (AvgIpc) is 2.44. The zero-order valence-electron chi connectivity index (χ0n) is 12.9.